The highest BCUT2D eigenvalue weighted by molar-refractivity contribution is 5.94. The van der Waals surface area contributed by atoms with Crippen molar-refractivity contribution in [2.45, 2.75) is 19.0 Å². The zero-order valence-corrected chi connectivity index (χ0v) is 15.2. The number of hydrogen-bond donors (Lipinski definition) is 2. The Hall–Kier alpha value is -2.94. The van der Waals surface area contributed by atoms with Crippen LogP contribution < -0.4 is 16.0 Å². The number of nitrogens with two attached hydrogens (primary N) is 1. The number of halogens is 1. The number of nitrogens with zero attached hydrogens (tertiary/aromatic N) is 3. The second-order valence-electron chi connectivity index (χ2n) is 6.58. The molecule has 0 unspecified atom stereocenters. The molecule has 0 saturated carbocycles. The molecule has 1 saturated heterocycles. The molecule has 3 rings (SSSR count). The quantitative estimate of drug-likeness (QED) is 0.803. The topological polar surface area (TPSA) is 105 Å². The molecule has 9 heteroatoms. The van der Waals surface area contributed by atoms with Crippen LogP contribution in [-0.2, 0) is 6.54 Å². The first kappa shape index (κ1) is 18.8. The van der Waals surface area contributed by atoms with Gasteiger partial charge in [0.15, 0.2) is 0 Å². The van der Waals surface area contributed by atoms with Gasteiger partial charge in [0.1, 0.15) is 11.6 Å². The van der Waals surface area contributed by atoms with Crippen molar-refractivity contribution in [2.75, 3.05) is 33.0 Å². The Morgan fingerprint density at radius 3 is 2.93 bits per heavy atom. The van der Waals surface area contributed by atoms with Crippen LogP contribution in [-0.4, -0.2) is 59.0 Å². The third-order valence-electron chi connectivity index (χ3n) is 4.71. The van der Waals surface area contributed by atoms with E-state index in [1.165, 1.54) is 25.3 Å². The van der Waals surface area contributed by atoms with E-state index in [1.807, 2.05) is 11.9 Å². The van der Waals surface area contributed by atoms with Crippen LogP contribution in [0, 0.1) is 5.82 Å². The summed E-state index contributed by atoms with van der Waals surface area (Å²) in [4.78, 5) is 34.3. The van der Waals surface area contributed by atoms with Crippen LogP contribution in [0.4, 0.5) is 10.3 Å². The van der Waals surface area contributed by atoms with Crippen LogP contribution in [0.2, 0.25) is 0 Å². The summed E-state index contributed by atoms with van der Waals surface area (Å²) in [5.74, 6) is -0.499. The van der Waals surface area contributed by atoms with Gasteiger partial charge in [-0.3, -0.25) is 19.5 Å². The van der Waals surface area contributed by atoms with Crippen molar-refractivity contribution in [3.8, 4) is 5.75 Å². The Morgan fingerprint density at radius 1 is 1.48 bits per heavy atom. The fraction of sp³-hybridized carbons (Fsp3) is 0.389. The third kappa shape index (κ3) is 4.25. The van der Waals surface area contributed by atoms with Gasteiger partial charge in [0.25, 0.3) is 11.5 Å². The number of nitrogens with one attached hydrogen (secondary N) is 1. The molecule has 1 aliphatic rings. The monoisotopic (exact) mass is 375 g/mol. The Kier molecular flexibility index (Phi) is 5.41. The molecule has 2 aromatic rings. The number of amides is 1. The molecule has 0 spiro atoms. The Morgan fingerprint density at radius 2 is 2.26 bits per heavy atom. The second-order valence-corrected chi connectivity index (χ2v) is 6.58. The summed E-state index contributed by atoms with van der Waals surface area (Å²) in [5, 5.41) is 0. The molecule has 1 aromatic carbocycles. The number of methoxy groups -OCH3 is 1. The molecule has 8 nitrogen and oxygen atoms in total. The Bertz CT molecular complexity index is 901. The maximum Gasteiger partial charge on any atom is 0.256 e. The minimum atomic E-state index is -0.598. The van der Waals surface area contributed by atoms with Gasteiger partial charge in [-0.15, -0.1) is 0 Å². The van der Waals surface area contributed by atoms with Gasteiger partial charge < -0.3 is 15.4 Å². The molecule has 1 fully saturated rings. The Balaban J connectivity index is 1.65. The van der Waals surface area contributed by atoms with E-state index in [0.717, 1.165) is 6.42 Å². The van der Waals surface area contributed by atoms with Gasteiger partial charge in [0.2, 0.25) is 5.95 Å². The molecular formula is C18H22FN5O3. The summed E-state index contributed by atoms with van der Waals surface area (Å²) in [5.41, 5.74) is 5.86. The molecule has 3 N–H and O–H groups in total. The summed E-state index contributed by atoms with van der Waals surface area (Å²) in [7, 11) is 3.34. The highest BCUT2D eigenvalue weighted by Crippen LogP contribution is 2.22. The predicted octanol–water partition coefficient (Wildman–Crippen LogP) is 0.846. The highest BCUT2D eigenvalue weighted by atomic mass is 19.1. The maximum absolute atomic E-state index is 14.2. The average molecular weight is 375 g/mol. The van der Waals surface area contributed by atoms with Gasteiger partial charge in [-0.1, -0.05) is 0 Å². The number of anilines is 1. The van der Waals surface area contributed by atoms with E-state index in [9.17, 15) is 14.0 Å². The summed E-state index contributed by atoms with van der Waals surface area (Å²) < 4.78 is 19.1. The third-order valence-corrected chi connectivity index (χ3v) is 4.71. The van der Waals surface area contributed by atoms with E-state index in [0.29, 0.717) is 31.1 Å². The van der Waals surface area contributed by atoms with Crippen molar-refractivity contribution in [1.29, 1.82) is 0 Å². The number of hydrogen-bond acceptors (Lipinski definition) is 6. The summed E-state index contributed by atoms with van der Waals surface area (Å²) >= 11 is 0. The number of likely N-dealkylation sites (tertiary alicyclic amines) is 1. The second kappa shape index (κ2) is 7.75. The minimum absolute atomic E-state index is 0.0307. The molecule has 144 valence electrons. The molecule has 1 amide bonds. The molecule has 1 atom stereocenters. The average Bonchev–Trinajstić information content (AvgIpc) is 3.10. The molecule has 0 bridgehead atoms. The number of nitrogen functional groups attached to an aromatic ring is 1. The van der Waals surface area contributed by atoms with Gasteiger partial charge in [0, 0.05) is 37.8 Å². The lowest BCUT2D eigenvalue weighted by atomic mass is 10.1. The number of carbonyl (C=O) groups is 1. The van der Waals surface area contributed by atoms with Crippen molar-refractivity contribution >= 4 is 11.9 Å². The first-order chi connectivity index (χ1) is 12.9. The van der Waals surface area contributed by atoms with Crippen molar-refractivity contribution in [3.63, 3.8) is 0 Å². The molecule has 1 aliphatic heterocycles. The lowest BCUT2D eigenvalue weighted by molar-refractivity contribution is 0.0775. The van der Waals surface area contributed by atoms with Crippen molar-refractivity contribution < 1.29 is 13.9 Å². The minimum Gasteiger partial charge on any atom is -0.497 e. The Labute approximate surface area is 155 Å². The number of likely N-dealkylation sites (N-methyl/N-ethyl adjacent to an activating group) is 1. The number of rotatable bonds is 5. The number of aromatic amines is 1. The normalized spacial score (nSPS) is 16.7. The lowest BCUT2D eigenvalue weighted by Gasteiger charge is -2.24. The number of carbonyl (C=O) groups excluding carboxylic acids is 1. The van der Waals surface area contributed by atoms with E-state index in [-0.39, 0.29) is 29.0 Å². The zero-order valence-electron chi connectivity index (χ0n) is 15.2. The van der Waals surface area contributed by atoms with Crippen LogP contribution in [0.3, 0.4) is 0 Å². The van der Waals surface area contributed by atoms with E-state index in [2.05, 4.69) is 9.97 Å². The largest absolute Gasteiger partial charge is 0.497 e. The smallest absolute Gasteiger partial charge is 0.256 e. The summed E-state index contributed by atoms with van der Waals surface area (Å²) in [6.07, 6.45) is 0.749. The van der Waals surface area contributed by atoms with Gasteiger partial charge in [-0.2, -0.15) is 0 Å². The van der Waals surface area contributed by atoms with Crippen LogP contribution in [0.5, 0.6) is 5.75 Å². The van der Waals surface area contributed by atoms with Crippen molar-refractivity contribution in [1.82, 2.24) is 19.8 Å². The van der Waals surface area contributed by atoms with E-state index in [4.69, 9.17) is 10.5 Å². The van der Waals surface area contributed by atoms with E-state index in [1.54, 1.807) is 11.0 Å². The highest BCUT2D eigenvalue weighted by Gasteiger charge is 2.30. The molecule has 27 heavy (non-hydrogen) atoms. The van der Waals surface area contributed by atoms with E-state index >= 15 is 0 Å². The van der Waals surface area contributed by atoms with E-state index < -0.39 is 5.82 Å². The summed E-state index contributed by atoms with van der Waals surface area (Å²) in [6, 6.07) is 5.70. The first-order valence-corrected chi connectivity index (χ1v) is 8.56. The lowest BCUT2D eigenvalue weighted by Crippen LogP contribution is -2.36. The van der Waals surface area contributed by atoms with Crippen LogP contribution in [0.1, 0.15) is 22.5 Å². The SMILES string of the molecule is COc1ccc(C(=O)N2CC[C@@H](N(C)Cc3cc(=O)[nH]c(N)n3)C2)c(F)c1. The fourth-order valence-corrected chi connectivity index (χ4v) is 3.25. The van der Waals surface area contributed by atoms with Crippen molar-refractivity contribution in [2.24, 2.45) is 0 Å². The number of aromatic nitrogens is 2. The number of ether oxygens (including phenoxy) is 1. The van der Waals surface area contributed by atoms with Gasteiger partial charge in [-0.05, 0) is 25.6 Å². The van der Waals surface area contributed by atoms with Crippen molar-refractivity contribution in [3.05, 3.63) is 51.7 Å². The van der Waals surface area contributed by atoms with Crippen LogP contribution in [0.15, 0.2) is 29.1 Å². The first-order valence-electron chi connectivity index (χ1n) is 8.56. The predicted molar refractivity (Wildman–Crippen MR) is 98.0 cm³/mol. The maximum atomic E-state index is 14.2. The van der Waals surface area contributed by atoms with Gasteiger partial charge >= 0.3 is 0 Å². The molecule has 1 aromatic heterocycles. The molecule has 0 radical (unpaired) electrons. The zero-order chi connectivity index (χ0) is 19.6. The molecule has 2 heterocycles. The van der Waals surface area contributed by atoms with Crippen LogP contribution in [0.25, 0.3) is 0 Å². The number of H-pyrrole nitrogens is 1. The molecule has 0 aliphatic carbocycles. The summed E-state index contributed by atoms with van der Waals surface area (Å²) in [6.45, 7) is 1.43. The van der Waals surface area contributed by atoms with Gasteiger partial charge in [-0.25, -0.2) is 9.37 Å². The standard InChI is InChI=1S/C18H22FN5O3/c1-23(9-11-7-16(25)22-18(20)21-11)12-5-6-24(10-12)17(26)14-4-3-13(27-2)8-15(14)19/h3-4,7-8,12H,5-6,9-10H2,1-2H3,(H3,20,21,22,25)/t12-/m1/s1. The van der Waals surface area contributed by atoms with Crippen LogP contribution >= 0.6 is 0 Å². The fourth-order valence-electron chi connectivity index (χ4n) is 3.25. The number of benzene rings is 1. The molecular weight excluding hydrogens is 353 g/mol. The van der Waals surface area contributed by atoms with Gasteiger partial charge in [0.05, 0.1) is 18.4 Å².